The molecule has 1 saturated heterocycles. The molecule has 3 heteroatoms. The summed E-state index contributed by atoms with van der Waals surface area (Å²) in [7, 11) is 3.73. The molecule has 0 radical (unpaired) electrons. The van der Waals surface area contributed by atoms with Gasteiger partial charge in [-0.2, -0.15) is 0 Å². The molecular weight excluding hydrogens is 226 g/mol. The Bertz CT molecular complexity index is 381. The van der Waals surface area contributed by atoms with Gasteiger partial charge < -0.3 is 14.8 Å². The van der Waals surface area contributed by atoms with E-state index in [0.29, 0.717) is 18.2 Å². The molecule has 0 amide bonds. The predicted molar refractivity (Wildman–Crippen MR) is 73.1 cm³/mol. The van der Waals surface area contributed by atoms with Crippen LogP contribution in [0.4, 0.5) is 0 Å². The topological polar surface area (TPSA) is 30.5 Å². The van der Waals surface area contributed by atoms with Gasteiger partial charge in [-0.05, 0) is 44.9 Å². The van der Waals surface area contributed by atoms with Crippen molar-refractivity contribution >= 4 is 0 Å². The van der Waals surface area contributed by atoms with Crippen LogP contribution in [0.1, 0.15) is 25.3 Å². The highest BCUT2D eigenvalue weighted by Crippen LogP contribution is 2.26. The Kier molecular flexibility index (Phi) is 4.61. The van der Waals surface area contributed by atoms with Crippen molar-refractivity contribution in [3.63, 3.8) is 0 Å². The fourth-order valence-electron chi connectivity index (χ4n) is 2.66. The van der Waals surface area contributed by atoms with Gasteiger partial charge >= 0.3 is 0 Å². The zero-order valence-corrected chi connectivity index (χ0v) is 11.5. The summed E-state index contributed by atoms with van der Waals surface area (Å²) < 4.78 is 11.4. The summed E-state index contributed by atoms with van der Waals surface area (Å²) in [5, 5.41) is 3.38. The number of methoxy groups -OCH3 is 1. The second-order valence-electron chi connectivity index (χ2n) is 4.97. The predicted octanol–water partition coefficient (Wildman–Crippen LogP) is 2.39. The van der Waals surface area contributed by atoms with Crippen molar-refractivity contribution in [2.45, 2.75) is 44.4 Å². The first-order valence-electron chi connectivity index (χ1n) is 6.69. The second kappa shape index (κ2) is 6.21. The molecule has 3 nitrogen and oxygen atoms in total. The Morgan fingerprint density at radius 2 is 2.17 bits per heavy atom. The van der Waals surface area contributed by atoms with Crippen LogP contribution < -0.4 is 10.1 Å². The number of likely N-dealkylation sites (N-methyl/N-ethyl adjacent to an activating group) is 1. The van der Waals surface area contributed by atoms with E-state index in [9.17, 15) is 0 Å². The van der Waals surface area contributed by atoms with Crippen LogP contribution >= 0.6 is 0 Å². The lowest BCUT2D eigenvalue weighted by molar-refractivity contribution is 0.0336. The minimum atomic E-state index is 0.315. The van der Waals surface area contributed by atoms with Crippen molar-refractivity contribution in [1.29, 1.82) is 0 Å². The molecule has 18 heavy (non-hydrogen) atoms. The molecule has 0 aliphatic carbocycles. The molecule has 1 N–H and O–H groups in total. The molecule has 1 aromatic rings. The van der Waals surface area contributed by atoms with Gasteiger partial charge in [0.15, 0.2) is 0 Å². The summed E-state index contributed by atoms with van der Waals surface area (Å²) in [5.74, 6) is 0.962. The van der Waals surface area contributed by atoms with Crippen LogP contribution in [-0.2, 0) is 11.2 Å². The Morgan fingerprint density at radius 1 is 1.39 bits per heavy atom. The molecular formula is C15H23NO2. The molecule has 0 aromatic heterocycles. The molecule has 1 heterocycles. The minimum Gasteiger partial charge on any atom is -0.496 e. The van der Waals surface area contributed by atoms with E-state index in [0.717, 1.165) is 25.0 Å². The molecule has 3 atom stereocenters. The number of ether oxygens (including phenoxy) is 2. The van der Waals surface area contributed by atoms with E-state index < -0.39 is 0 Å². The van der Waals surface area contributed by atoms with E-state index in [2.05, 4.69) is 24.4 Å². The van der Waals surface area contributed by atoms with E-state index in [-0.39, 0.29) is 0 Å². The number of hydrogen-bond acceptors (Lipinski definition) is 3. The molecule has 1 aliphatic heterocycles. The van der Waals surface area contributed by atoms with Crippen molar-refractivity contribution in [2.75, 3.05) is 14.2 Å². The van der Waals surface area contributed by atoms with E-state index >= 15 is 0 Å². The van der Waals surface area contributed by atoms with Gasteiger partial charge in [0, 0.05) is 6.04 Å². The van der Waals surface area contributed by atoms with Crippen molar-refractivity contribution in [1.82, 2.24) is 5.32 Å². The maximum Gasteiger partial charge on any atom is 0.122 e. The molecule has 1 aliphatic rings. The van der Waals surface area contributed by atoms with Crippen molar-refractivity contribution < 1.29 is 9.47 Å². The first-order valence-corrected chi connectivity index (χ1v) is 6.69. The minimum absolute atomic E-state index is 0.315. The van der Waals surface area contributed by atoms with Crippen LogP contribution in [0, 0.1) is 0 Å². The largest absolute Gasteiger partial charge is 0.496 e. The lowest BCUT2D eigenvalue weighted by atomic mass is 9.99. The van der Waals surface area contributed by atoms with Crippen LogP contribution in [0.25, 0.3) is 0 Å². The summed E-state index contributed by atoms with van der Waals surface area (Å²) in [6, 6.07) is 8.56. The monoisotopic (exact) mass is 249 g/mol. The average Bonchev–Trinajstić information content (AvgIpc) is 2.83. The molecule has 0 bridgehead atoms. The Hall–Kier alpha value is -1.06. The lowest BCUT2D eigenvalue weighted by Crippen LogP contribution is -2.39. The summed E-state index contributed by atoms with van der Waals surface area (Å²) >= 11 is 0. The Labute approximate surface area is 109 Å². The van der Waals surface area contributed by atoms with Gasteiger partial charge in [-0.25, -0.2) is 0 Å². The van der Waals surface area contributed by atoms with Crippen molar-refractivity contribution in [3.05, 3.63) is 29.8 Å². The molecule has 2 rings (SSSR count). The van der Waals surface area contributed by atoms with Gasteiger partial charge in [0.1, 0.15) is 5.75 Å². The second-order valence-corrected chi connectivity index (χ2v) is 4.97. The number of benzene rings is 1. The number of rotatable bonds is 5. The molecule has 0 saturated carbocycles. The fraction of sp³-hybridized carbons (Fsp3) is 0.600. The number of hydrogen-bond donors (Lipinski definition) is 1. The van der Waals surface area contributed by atoms with Gasteiger partial charge in [0.25, 0.3) is 0 Å². The Balaban J connectivity index is 2.05. The summed E-state index contributed by atoms with van der Waals surface area (Å²) in [4.78, 5) is 0. The smallest absolute Gasteiger partial charge is 0.122 e. The van der Waals surface area contributed by atoms with Crippen LogP contribution in [0.15, 0.2) is 24.3 Å². The molecule has 100 valence electrons. The van der Waals surface area contributed by atoms with Crippen LogP contribution in [0.3, 0.4) is 0 Å². The molecule has 1 fully saturated rings. The van der Waals surface area contributed by atoms with Gasteiger partial charge in [0.2, 0.25) is 0 Å². The van der Waals surface area contributed by atoms with Gasteiger partial charge in [-0.1, -0.05) is 18.2 Å². The number of para-hydroxylation sites is 1. The first kappa shape index (κ1) is 13.4. The highest BCUT2D eigenvalue weighted by molar-refractivity contribution is 5.34. The average molecular weight is 249 g/mol. The maximum atomic E-state index is 5.96. The van der Waals surface area contributed by atoms with E-state index in [4.69, 9.17) is 9.47 Å². The maximum absolute atomic E-state index is 5.96. The summed E-state index contributed by atoms with van der Waals surface area (Å²) in [6.07, 6.45) is 3.95. The standard InChI is InChI=1S/C15H23NO2/c1-11-8-9-15(18-11)13(16-2)10-12-6-4-5-7-14(12)17-3/h4-7,11,13,15-16H,8-10H2,1-3H3. The zero-order valence-electron chi connectivity index (χ0n) is 11.5. The van der Waals surface area contributed by atoms with E-state index in [1.165, 1.54) is 5.56 Å². The Morgan fingerprint density at radius 3 is 2.78 bits per heavy atom. The summed E-state index contributed by atoms with van der Waals surface area (Å²) in [5.41, 5.74) is 1.24. The third-order valence-corrected chi connectivity index (χ3v) is 3.72. The molecule has 1 aromatic carbocycles. The number of nitrogens with one attached hydrogen (secondary N) is 1. The van der Waals surface area contributed by atoms with E-state index in [1.54, 1.807) is 7.11 Å². The van der Waals surface area contributed by atoms with Gasteiger partial charge in [-0.15, -0.1) is 0 Å². The van der Waals surface area contributed by atoms with Crippen LogP contribution in [0.2, 0.25) is 0 Å². The third kappa shape index (κ3) is 3.03. The van der Waals surface area contributed by atoms with Gasteiger partial charge in [0.05, 0.1) is 19.3 Å². The zero-order chi connectivity index (χ0) is 13.0. The lowest BCUT2D eigenvalue weighted by Gasteiger charge is -2.24. The van der Waals surface area contributed by atoms with Crippen LogP contribution in [0.5, 0.6) is 5.75 Å². The highest BCUT2D eigenvalue weighted by atomic mass is 16.5. The van der Waals surface area contributed by atoms with Crippen molar-refractivity contribution in [2.24, 2.45) is 0 Å². The first-order chi connectivity index (χ1) is 8.74. The fourth-order valence-corrected chi connectivity index (χ4v) is 2.66. The third-order valence-electron chi connectivity index (χ3n) is 3.72. The SMILES string of the molecule is CNC(Cc1ccccc1OC)C1CCC(C)O1. The quantitative estimate of drug-likeness (QED) is 0.869. The van der Waals surface area contributed by atoms with E-state index in [1.807, 2.05) is 19.2 Å². The normalized spacial score (nSPS) is 25.1. The highest BCUT2D eigenvalue weighted by Gasteiger charge is 2.29. The molecule has 3 unspecified atom stereocenters. The van der Waals surface area contributed by atoms with Crippen molar-refractivity contribution in [3.8, 4) is 5.75 Å². The summed E-state index contributed by atoms with van der Waals surface area (Å²) in [6.45, 7) is 2.15. The van der Waals surface area contributed by atoms with Gasteiger partial charge in [-0.3, -0.25) is 0 Å². The van der Waals surface area contributed by atoms with Crippen LogP contribution in [-0.4, -0.2) is 32.4 Å². The molecule has 0 spiro atoms.